The number of carbonyl (C=O) groups is 3. The first-order chi connectivity index (χ1) is 16.4. The predicted molar refractivity (Wildman–Crippen MR) is 134 cm³/mol. The van der Waals surface area contributed by atoms with E-state index in [1.807, 2.05) is 37.3 Å². The van der Waals surface area contributed by atoms with E-state index >= 15 is 0 Å². The number of hydrogen-bond acceptors (Lipinski definition) is 10. The fraction of sp³-hybridized carbons (Fsp3) is 0.381. The second-order valence-corrected chi connectivity index (χ2v) is 11.9. The summed E-state index contributed by atoms with van der Waals surface area (Å²) >= 11 is 5.62. The van der Waals surface area contributed by atoms with Crippen molar-refractivity contribution < 1.29 is 24.2 Å². The van der Waals surface area contributed by atoms with Crippen molar-refractivity contribution in [2.45, 2.75) is 27.9 Å². The van der Waals surface area contributed by atoms with Gasteiger partial charge in [-0.05, 0) is 18.1 Å². The first-order valence-electron chi connectivity index (χ1n) is 10.2. The Labute approximate surface area is 213 Å². The summed E-state index contributed by atoms with van der Waals surface area (Å²) in [6.07, 6.45) is 0. The summed E-state index contributed by atoms with van der Waals surface area (Å²) in [4.78, 5) is 39.4. The number of fused-ring (bicyclic) bond motifs is 1. The average molecular weight is 539 g/mol. The van der Waals surface area contributed by atoms with E-state index < -0.39 is 28.5 Å². The van der Waals surface area contributed by atoms with Crippen LogP contribution in [0.1, 0.15) is 15.8 Å². The molecule has 9 nitrogen and oxygen atoms in total. The Hall–Kier alpha value is -2.06. The first kappa shape index (κ1) is 25.0. The number of hydrogen-bond donors (Lipinski definition) is 2. The zero-order valence-electron chi connectivity index (χ0n) is 18.3. The normalized spacial score (nSPS) is 20.5. The molecule has 0 saturated carbocycles. The Kier molecular flexibility index (Phi) is 8.19. The Bertz CT molecular complexity index is 1110. The van der Waals surface area contributed by atoms with E-state index in [4.69, 9.17) is 4.74 Å². The van der Waals surface area contributed by atoms with Gasteiger partial charge in [0.2, 0.25) is 5.91 Å². The van der Waals surface area contributed by atoms with Crippen molar-refractivity contribution in [3.8, 4) is 0 Å². The second kappa shape index (κ2) is 11.1. The van der Waals surface area contributed by atoms with Gasteiger partial charge in [-0.2, -0.15) is 0 Å². The molecule has 3 atom stereocenters. The van der Waals surface area contributed by atoms with Crippen LogP contribution in [0, 0.1) is 6.92 Å². The lowest BCUT2D eigenvalue weighted by Crippen LogP contribution is -2.70. The molecule has 0 radical (unpaired) electrons. The van der Waals surface area contributed by atoms with Crippen LogP contribution in [0.25, 0.3) is 0 Å². The minimum absolute atomic E-state index is 0.00125. The summed E-state index contributed by atoms with van der Waals surface area (Å²) in [6, 6.07) is 8.50. The van der Waals surface area contributed by atoms with E-state index in [-0.39, 0.29) is 11.6 Å². The number of aromatic nitrogens is 2. The van der Waals surface area contributed by atoms with E-state index in [1.165, 1.54) is 51.5 Å². The standard InChI is InChI=1S/C21H22N4O5S4/c1-11-23-24-21(34-11)32-9-13-8-31-19-14(18(27)25(19)15(13)20(28)29)22-17(26)16(33-10-30-2)12-6-4-3-5-7-12/h3-7,14,16,19H,8-10H2,1-2H3,(H,22,26)(H,28,29). The number of methoxy groups -OCH3 is 1. The van der Waals surface area contributed by atoms with Crippen LogP contribution >= 0.6 is 46.6 Å². The fourth-order valence-electron chi connectivity index (χ4n) is 3.60. The van der Waals surface area contributed by atoms with Gasteiger partial charge in [0.1, 0.15) is 27.4 Å². The third-order valence-electron chi connectivity index (χ3n) is 5.12. The summed E-state index contributed by atoms with van der Waals surface area (Å²) in [5.74, 6) is -0.697. The molecular formula is C21H22N4O5S4. The van der Waals surface area contributed by atoms with Crippen LogP contribution in [0.3, 0.4) is 0 Å². The Balaban J connectivity index is 1.47. The molecule has 3 unspecified atom stereocenters. The maximum absolute atomic E-state index is 13.1. The topological polar surface area (TPSA) is 122 Å². The average Bonchev–Trinajstić information content (AvgIpc) is 3.26. The number of aryl methyl sites for hydroxylation is 1. The number of carboxylic acids is 1. The lowest BCUT2D eigenvalue weighted by atomic mass is 10.0. The Morgan fingerprint density at radius 2 is 2.09 bits per heavy atom. The molecule has 0 aliphatic carbocycles. The maximum atomic E-state index is 13.1. The van der Waals surface area contributed by atoms with Crippen molar-refractivity contribution in [1.29, 1.82) is 0 Å². The second-order valence-electron chi connectivity index (χ2n) is 7.39. The van der Waals surface area contributed by atoms with Crippen molar-refractivity contribution in [2.24, 2.45) is 0 Å². The van der Waals surface area contributed by atoms with Crippen LogP contribution < -0.4 is 5.32 Å². The molecular weight excluding hydrogens is 517 g/mol. The van der Waals surface area contributed by atoms with Crippen LogP contribution in [-0.4, -0.2) is 74.0 Å². The molecule has 2 aliphatic rings. The fourth-order valence-corrected chi connectivity index (χ4v) is 7.74. The Morgan fingerprint density at radius 1 is 1.32 bits per heavy atom. The molecule has 2 amide bonds. The third kappa shape index (κ3) is 5.28. The van der Waals surface area contributed by atoms with E-state index in [0.29, 0.717) is 23.0 Å². The maximum Gasteiger partial charge on any atom is 0.352 e. The van der Waals surface area contributed by atoms with Crippen molar-refractivity contribution >= 4 is 64.4 Å². The number of benzene rings is 1. The highest BCUT2D eigenvalue weighted by Gasteiger charge is 2.54. The highest BCUT2D eigenvalue weighted by molar-refractivity contribution is 8.02. The smallest absolute Gasteiger partial charge is 0.352 e. The van der Waals surface area contributed by atoms with Gasteiger partial charge in [-0.15, -0.1) is 33.7 Å². The van der Waals surface area contributed by atoms with Gasteiger partial charge < -0.3 is 15.2 Å². The molecule has 2 N–H and O–H groups in total. The monoisotopic (exact) mass is 538 g/mol. The molecule has 1 saturated heterocycles. The number of carbonyl (C=O) groups excluding carboxylic acids is 2. The number of thioether (sulfide) groups is 3. The van der Waals surface area contributed by atoms with Gasteiger partial charge in [0, 0.05) is 18.6 Å². The van der Waals surface area contributed by atoms with Gasteiger partial charge in [0.05, 0.1) is 5.94 Å². The number of nitrogens with zero attached hydrogens (tertiary/aromatic N) is 3. The molecule has 13 heteroatoms. The number of β-lactam (4-membered cyclic amide) rings is 1. The van der Waals surface area contributed by atoms with Gasteiger partial charge in [-0.3, -0.25) is 14.5 Å². The molecule has 2 aliphatic heterocycles. The van der Waals surface area contributed by atoms with Crippen molar-refractivity contribution in [3.63, 3.8) is 0 Å². The van der Waals surface area contributed by atoms with Crippen molar-refractivity contribution in [3.05, 3.63) is 52.2 Å². The number of rotatable bonds is 10. The van der Waals surface area contributed by atoms with Crippen LogP contribution in [0.4, 0.5) is 0 Å². The van der Waals surface area contributed by atoms with Crippen LogP contribution in [0.5, 0.6) is 0 Å². The van der Waals surface area contributed by atoms with E-state index in [2.05, 4.69) is 15.5 Å². The summed E-state index contributed by atoms with van der Waals surface area (Å²) < 4.78 is 5.88. The number of nitrogens with one attached hydrogen (secondary N) is 1. The summed E-state index contributed by atoms with van der Waals surface area (Å²) in [7, 11) is 1.56. The number of carboxylic acid groups (broad SMARTS) is 1. The summed E-state index contributed by atoms with van der Waals surface area (Å²) in [5, 5.41) is 20.6. The summed E-state index contributed by atoms with van der Waals surface area (Å²) in [5.41, 5.74) is 1.46. The van der Waals surface area contributed by atoms with Crippen molar-refractivity contribution in [1.82, 2.24) is 20.4 Å². The highest BCUT2D eigenvalue weighted by atomic mass is 32.2. The van der Waals surface area contributed by atoms with Gasteiger partial charge >= 0.3 is 5.97 Å². The molecule has 180 valence electrons. The van der Waals surface area contributed by atoms with Crippen LogP contribution in [0.15, 0.2) is 45.9 Å². The molecule has 1 aromatic heterocycles. The zero-order valence-corrected chi connectivity index (χ0v) is 21.6. The molecule has 0 bridgehead atoms. The highest BCUT2D eigenvalue weighted by Crippen LogP contribution is 2.42. The van der Waals surface area contributed by atoms with Crippen LogP contribution in [-0.2, 0) is 19.1 Å². The minimum atomic E-state index is -1.15. The molecule has 4 rings (SSSR count). The van der Waals surface area contributed by atoms with Gasteiger partial charge in [-0.1, -0.05) is 53.4 Å². The predicted octanol–water partition coefficient (Wildman–Crippen LogP) is 2.76. The van der Waals surface area contributed by atoms with Gasteiger partial charge in [-0.25, -0.2) is 4.79 Å². The first-order valence-corrected chi connectivity index (χ1v) is 14.1. The lowest BCUT2D eigenvalue weighted by molar-refractivity contribution is -0.150. The third-order valence-corrected chi connectivity index (χ3v) is 9.71. The quantitative estimate of drug-likeness (QED) is 0.265. The zero-order chi connectivity index (χ0) is 24.2. The molecule has 1 aromatic carbocycles. The van der Waals surface area contributed by atoms with E-state index in [0.717, 1.165) is 14.9 Å². The molecule has 34 heavy (non-hydrogen) atoms. The molecule has 1 fully saturated rings. The lowest BCUT2D eigenvalue weighted by Gasteiger charge is -2.49. The number of ether oxygens (including phenoxy) is 1. The molecule has 2 aromatic rings. The molecule has 3 heterocycles. The Morgan fingerprint density at radius 3 is 2.74 bits per heavy atom. The largest absolute Gasteiger partial charge is 0.477 e. The van der Waals surface area contributed by atoms with Gasteiger partial charge in [0.25, 0.3) is 5.91 Å². The number of aliphatic carboxylic acids is 1. The molecule has 0 spiro atoms. The summed E-state index contributed by atoms with van der Waals surface area (Å²) in [6.45, 7) is 1.86. The van der Waals surface area contributed by atoms with Crippen molar-refractivity contribution in [2.75, 3.05) is 24.6 Å². The van der Waals surface area contributed by atoms with Gasteiger partial charge in [0.15, 0.2) is 4.34 Å². The van der Waals surface area contributed by atoms with Crippen LogP contribution in [0.2, 0.25) is 0 Å². The SMILES string of the molecule is COCSC(C(=O)NC1C(=O)N2C(C(=O)O)=C(CSc3nnc(C)s3)CSC12)c1ccccc1. The van der Waals surface area contributed by atoms with E-state index in [9.17, 15) is 19.5 Å². The van der Waals surface area contributed by atoms with E-state index in [1.54, 1.807) is 7.11 Å². The number of amides is 2. The minimum Gasteiger partial charge on any atom is -0.477 e.